The number of nitrogens with zero attached hydrogens (tertiary/aromatic N) is 1. The Labute approximate surface area is 199 Å². The number of carbonyl (C=O) groups is 2. The van der Waals surface area contributed by atoms with Crippen LogP contribution in [0.25, 0.3) is 11.3 Å². The van der Waals surface area contributed by atoms with Gasteiger partial charge in [0.25, 0.3) is 5.91 Å². The predicted molar refractivity (Wildman–Crippen MR) is 133 cm³/mol. The third kappa shape index (κ3) is 5.93. The first-order chi connectivity index (χ1) is 15.7. The maximum absolute atomic E-state index is 12.7. The van der Waals surface area contributed by atoms with Gasteiger partial charge >= 0.3 is 0 Å². The second kappa shape index (κ2) is 9.56. The van der Waals surface area contributed by atoms with Gasteiger partial charge in [-0.25, -0.2) is 0 Å². The van der Waals surface area contributed by atoms with Crippen molar-refractivity contribution in [2.45, 2.75) is 53.5 Å². The van der Waals surface area contributed by atoms with Gasteiger partial charge in [0, 0.05) is 42.7 Å². The van der Waals surface area contributed by atoms with Crippen molar-refractivity contribution in [1.82, 2.24) is 4.90 Å². The fourth-order valence-electron chi connectivity index (χ4n) is 4.60. The first-order valence-electron chi connectivity index (χ1n) is 11.5. The Balaban J connectivity index is 1.42. The number of nitrogens with one attached hydrogen (secondary N) is 1. The highest BCUT2D eigenvalue weighted by molar-refractivity contribution is 7.12. The van der Waals surface area contributed by atoms with Crippen LogP contribution in [-0.4, -0.2) is 23.3 Å². The first kappa shape index (κ1) is 23.3. The molecule has 0 saturated carbocycles. The lowest BCUT2D eigenvalue weighted by atomic mass is 9.84. The molecular weight excluding hydrogens is 432 g/mol. The zero-order valence-corrected chi connectivity index (χ0v) is 20.6. The van der Waals surface area contributed by atoms with Crippen molar-refractivity contribution in [3.63, 3.8) is 0 Å². The second-order valence-corrected chi connectivity index (χ2v) is 11.2. The summed E-state index contributed by atoms with van der Waals surface area (Å²) in [6.45, 7) is 9.93. The Morgan fingerprint density at radius 1 is 1.18 bits per heavy atom. The van der Waals surface area contributed by atoms with Crippen molar-refractivity contribution in [2.75, 3.05) is 11.9 Å². The topological polar surface area (TPSA) is 62.6 Å². The van der Waals surface area contributed by atoms with Crippen LogP contribution >= 0.6 is 11.3 Å². The molecule has 0 bridgehead atoms. The molecule has 0 aliphatic carbocycles. The van der Waals surface area contributed by atoms with Crippen LogP contribution in [0.4, 0.5) is 5.69 Å². The molecule has 5 nitrogen and oxygen atoms in total. The second-order valence-electron chi connectivity index (χ2n) is 10.2. The van der Waals surface area contributed by atoms with E-state index in [0.717, 1.165) is 39.6 Å². The molecule has 0 fully saturated rings. The Morgan fingerprint density at radius 3 is 2.73 bits per heavy atom. The van der Waals surface area contributed by atoms with Crippen LogP contribution in [0.1, 0.15) is 61.5 Å². The maximum atomic E-state index is 12.7. The molecule has 0 saturated heterocycles. The van der Waals surface area contributed by atoms with E-state index < -0.39 is 0 Å². The normalized spacial score (nSPS) is 14.6. The quantitative estimate of drug-likeness (QED) is 0.447. The number of benzene rings is 1. The molecule has 33 heavy (non-hydrogen) atoms. The van der Waals surface area contributed by atoms with E-state index in [1.807, 2.05) is 52.7 Å². The molecule has 3 heterocycles. The van der Waals surface area contributed by atoms with Crippen LogP contribution in [0, 0.1) is 11.3 Å². The van der Waals surface area contributed by atoms with Crippen molar-refractivity contribution in [1.29, 1.82) is 0 Å². The van der Waals surface area contributed by atoms with Crippen LogP contribution in [0.5, 0.6) is 0 Å². The van der Waals surface area contributed by atoms with Gasteiger partial charge in [-0.15, -0.1) is 11.3 Å². The molecule has 1 aliphatic rings. The van der Waals surface area contributed by atoms with Gasteiger partial charge < -0.3 is 14.6 Å². The molecule has 6 heteroatoms. The summed E-state index contributed by atoms with van der Waals surface area (Å²) in [4.78, 5) is 27.9. The molecule has 1 aliphatic heterocycles. The van der Waals surface area contributed by atoms with Gasteiger partial charge in [-0.2, -0.15) is 0 Å². The van der Waals surface area contributed by atoms with Crippen molar-refractivity contribution >= 4 is 28.8 Å². The highest BCUT2D eigenvalue weighted by atomic mass is 32.1. The van der Waals surface area contributed by atoms with E-state index in [0.29, 0.717) is 31.8 Å². The summed E-state index contributed by atoms with van der Waals surface area (Å²) in [6.07, 6.45) is 2.21. The number of anilines is 1. The van der Waals surface area contributed by atoms with Gasteiger partial charge in [0.15, 0.2) is 0 Å². The van der Waals surface area contributed by atoms with Crippen LogP contribution in [0.3, 0.4) is 0 Å². The molecular formula is C27H32N2O3S. The molecule has 2 amide bonds. The minimum absolute atomic E-state index is 0.0328. The molecule has 2 aromatic heterocycles. The maximum Gasteiger partial charge on any atom is 0.264 e. The van der Waals surface area contributed by atoms with Crippen LogP contribution in [-0.2, 0) is 17.8 Å². The molecule has 0 spiro atoms. The molecule has 1 N–H and O–H groups in total. The monoisotopic (exact) mass is 464 g/mol. The summed E-state index contributed by atoms with van der Waals surface area (Å²) in [6, 6.07) is 13.6. The van der Waals surface area contributed by atoms with Crippen LogP contribution in [0.2, 0.25) is 0 Å². The minimum atomic E-state index is 0.0328. The zero-order chi connectivity index (χ0) is 23.6. The SMILES string of the molecule is CC(CC(=O)Nc1cccc(-c2cc3c(o2)CCN(C(=O)c2cccs2)C3)c1)CC(C)(C)C. The average molecular weight is 465 g/mol. The number of carbonyl (C=O) groups excluding carboxylic acids is 2. The van der Waals surface area contributed by atoms with Gasteiger partial charge in [0.05, 0.1) is 4.88 Å². The summed E-state index contributed by atoms with van der Waals surface area (Å²) in [5.74, 6) is 2.13. The molecule has 3 aromatic rings. The summed E-state index contributed by atoms with van der Waals surface area (Å²) in [5, 5.41) is 4.96. The number of hydrogen-bond acceptors (Lipinski definition) is 4. The summed E-state index contributed by atoms with van der Waals surface area (Å²) < 4.78 is 6.14. The molecule has 1 atom stereocenters. The molecule has 4 rings (SSSR count). The van der Waals surface area contributed by atoms with Crippen molar-refractivity contribution < 1.29 is 14.0 Å². The van der Waals surface area contributed by atoms with Crippen molar-refractivity contribution in [2.24, 2.45) is 11.3 Å². The molecule has 1 unspecified atom stereocenters. The lowest BCUT2D eigenvalue weighted by molar-refractivity contribution is -0.117. The van der Waals surface area contributed by atoms with Crippen LogP contribution in [0.15, 0.2) is 52.3 Å². The smallest absolute Gasteiger partial charge is 0.264 e. The van der Waals surface area contributed by atoms with Gasteiger partial charge in [-0.05, 0) is 47.4 Å². The fourth-order valence-corrected chi connectivity index (χ4v) is 5.29. The Hall–Kier alpha value is -2.86. The summed E-state index contributed by atoms with van der Waals surface area (Å²) >= 11 is 1.47. The number of rotatable bonds is 6. The lowest BCUT2D eigenvalue weighted by Gasteiger charge is -2.25. The van der Waals surface area contributed by atoms with Gasteiger partial charge in [0.2, 0.25) is 5.91 Å². The van der Waals surface area contributed by atoms with E-state index in [1.165, 1.54) is 11.3 Å². The van der Waals surface area contributed by atoms with E-state index in [4.69, 9.17) is 4.42 Å². The zero-order valence-electron chi connectivity index (χ0n) is 19.8. The van der Waals surface area contributed by atoms with Crippen molar-refractivity contribution in [3.05, 3.63) is 64.0 Å². The van der Waals surface area contributed by atoms with E-state index in [-0.39, 0.29) is 17.2 Å². The van der Waals surface area contributed by atoms with Crippen molar-refractivity contribution in [3.8, 4) is 11.3 Å². The number of amides is 2. The molecule has 1 aromatic carbocycles. The highest BCUT2D eigenvalue weighted by Gasteiger charge is 2.26. The van der Waals surface area contributed by atoms with Gasteiger partial charge in [0.1, 0.15) is 11.5 Å². The Morgan fingerprint density at radius 2 is 2.00 bits per heavy atom. The first-order valence-corrected chi connectivity index (χ1v) is 12.4. The summed E-state index contributed by atoms with van der Waals surface area (Å²) in [7, 11) is 0. The predicted octanol–water partition coefficient (Wildman–Crippen LogP) is 6.61. The largest absolute Gasteiger partial charge is 0.461 e. The number of furan rings is 1. The van der Waals surface area contributed by atoms with E-state index in [9.17, 15) is 9.59 Å². The minimum Gasteiger partial charge on any atom is -0.461 e. The lowest BCUT2D eigenvalue weighted by Crippen LogP contribution is -2.35. The van der Waals surface area contributed by atoms with Gasteiger partial charge in [-0.3, -0.25) is 9.59 Å². The third-order valence-corrected chi connectivity index (χ3v) is 6.67. The fraction of sp³-hybridized carbons (Fsp3) is 0.407. The average Bonchev–Trinajstić information content (AvgIpc) is 3.41. The third-order valence-electron chi connectivity index (χ3n) is 5.81. The standard InChI is InChI=1S/C27H32N2O3S/c1-18(16-27(2,3)4)13-25(30)28-21-8-5-7-19(14-21)23-15-20-17-29(11-10-22(20)32-23)26(31)24-9-6-12-33-24/h5-9,12,14-15,18H,10-11,13,16-17H2,1-4H3,(H,28,30). The number of hydrogen-bond donors (Lipinski definition) is 1. The van der Waals surface area contributed by atoms with Gasteiger partial charge in [-0.1, -0.05) is 45.9 Å². The summed E-state index contributed by atoms with van der Waals surface area (Å²) in [5.41, 5.74) is 2.94. The number of thiophene rings is 1. The van der Waals surface area contributed by atoms with E-state index >= 15 is 0 Å². The Kier molecular flexibility index (Phi) is 6.75. The van der Waals surface area contributed by atoms with Crippen LogP contribution < -0.4 is 5.32 Å². The number of fused-ring (bicyclic) bond motifs is 1. The molecule has 0 radical (unpaired) electrons. The molecule has 174 valence electrons. The Bertz CT molecular complexity index is 1120. The highest BCUT2D eigenvalue weighted by Crippen LogP contribution is 2.32. The van der Waals surface area contributed by atoms with E-state index in [1.54, 1.807) is 0 Å². The van der Waals surface area contributed by atoms with E-state index in [2.05, 4.69) is 33.0 Å².